The minimum atomic E-state index is -0.396. The standard InChI is InChI=1S/C10H22N2.C6H16N2O/c1-10(2)11-6-9-12-7-4-3-5-8-12;1-5(2)8-4-6(9)3-7/h10-11H,3-9H2,1-2H3;5-6,8-9H,3-4,7H2,1-2H3. The molecular weight excluding hydrogens is 264 g/mol. The van der Waals surface area contributed by atoms with Crippen molar-refractivity contribution in [2.75, 3.05) is 39.3 Å². The molecular formula is C16H38N4O. The van der Waals surface area contributed by atoms with Crippen molar-refractivity contribution in [3.63, 3.8) is 0 Å². The molecule has 1 aliphatic heterocycles. The minimum absolute atomic E-state index is 0.333. The fourth-order valence-electron chi connectivity index (χ4n) is 2.15. The summed E-state index contributed by atoms with van der Waals surface area (Å²) in [6.45, 7) is 14.4. The van der Waals surface area contributed by atoms with E-state index in [1.807, 2.05) is 13.8 Å². The summed E-state index contributed by atoms with van der Waals surface area (Å²) in [5, 5.41) is 15.4. The highest BCUT2D eigenvalue weighted by Gasteiger charge is 2.08. The van der Waals surface area contributed by atoms with Gasteiger partial charge in [0.2, 0.25) is 0 Å². The van der Waals surface area contributed by atoms with Gasteiger partial charge >= 0.3 is 0 Å². The van der Waals surface area contributed by atoms with E-state index < -0.39 is 6.10 Å². The van der Waals surface area contributed by atoms with Crippen LogP contribution in [-0.4, -0.2) is 67.5 Å². The lowest BCUT2D eigenvalue weighted by Gasteiger charge is -2.26. The molecule has 0 aliphatic carbocycles. The number of nitrogens with two attached hydrogens (primary N) is 1. The summed E-state index contributed by atoms with van der Waals surface area (Å²) >= 11 is 0. The monoisotopic (exact) mass is 302 g/mol. The molecule has 1 heterocycles. The van der Waals surface area contributed by atoms with Crippen LogP contribution in [0.3, 0.4) is 0 Å². The molecule has 1 aliphatic rings. The van der Waals surface area contributed by atoms with Crippen molar-refractivity contribution < 1.29 is 5.11 Å². The van der Waals surface area contributed by atoms with Gasteiger partial charge in [0.25, 0.3) is 0 Å². The Hall–Kier alpha value is -0.200. The van der Waals surface area contributed by atoms with E-state index in [2.05, 4.69) is 29.4 Å². The van der Waals surface area contributed by atoms with Gasteiger partial charge in [-0.15, -0.1) is 0 Å². The van der Waals surface area contributed by atoms with Crippen LogP contribution in [0.15, 0.2) is 0 Å². The number of likely N-dealkylation sites (tertiary alicyclic amines) is 1. The van der Waals surface area contributed by atoms with E-state index in [1.165, 1.54) is 38.9 Å². The molecule has 0 aromatic carbocycles. The average Bonchev–Trinajstić information content (AvgIpc) is 2.46. The van der Waals surface area contributed by atoms with Gasteiger partial charge in [0.15, 0.2) is 0 Å². The number of nitrogens with one attached hydrogen (secondary N) is 2. The molecule has 0 radical (unpaired) electrons. The highest BCUT2D eigenvalue weighted by atomic mass is 16.3. The van der Waals surface area contributed by atoms with Crippen LogP contribution in [0.5, 0.6) is 0 Å². The highest BCUT2D eigenvalue weighted by Crippen LogP contribution is 2.07. The molecule has 1 atom stereocenters. The van der Waals surface area contributed by atoms with Crippen molar-refractivity contribution in [2.24, 2.45) is 5.73 Å². The number of aliphatic hydroxyl groups excluding tert-OH is 1. The Morgan fingerprint density at radius 1 is 1.00 bits per heavy atom. The van der Waals surface area contributed by atoms with Crippen molar-refractivity contribution in [2.45, 2.75) is 65.1 Å². The fourth-order valence-corrected chi connectivity index (χ4v) is 2.15. The van der Waals surface area contributed by atoms with E-state index in [1.54, 1.807) is 0 Å². The quantitative estimate of drug-likeness (QED) is 0.533. The van der Waals surface area contributed by atoms with E-state index in [0.29, 0.717) is 25.2 Å². The molecule has 0 saturated carbocycles. The number of hydrogen-bond acceptors (Lipinski definition) is 5. The van der Waals surface area contributed by atoms with Crippen LogP contribution in [-0.2, 0) is 0 Å². The van der Waals surface area contributed by atoms with E-state index >= 15 is 0 Å². The predicted octanol–water partition coefficient (Wildman–Crippen LogP) is 0.774. The minimum Gasteiger partial charge on any atom is -0.390 e. The molecule has 0 bridgehead atoms. The van der Waals surface area contributed by atoms with Crippen LogP contribution in [0.2, 0.25) is 0 Å². The number of aliphatic hydroxyl groups is 1. The van der Waals surface area contributed by atoms with E-state index in [4.69, 9.17) is 10.8 Å². The molecule has 5 N–H and O–H groups in total. The molecule has 1 saturated heterocycles. The van der Waals surface area contributed by atoms with Gasteiger partial charge in [-0.05, 0) is 25.9 Å². The maximum absolute atomic E-state index is 8.92. The molecule has 21 heavy (non-hydrogen) atoms. The van der Waals surface area contributed by atoms with Crippen LogP contribution in [0, 0.1) is 0 Å². The fraction of sp³-hybridized carbons (Fsp3) is 1.00. The van der Waals surface area contributed by atoms with Gasteiger partial charge < -0.3 is 26.4 Å². The molecule has 0 aromatic heterocycles. The molecule has 0 spiro atoms. The Labute approximate surface area is 131 Å². The van der Waals surface area contributed by atoms with Crippen LogP contribution < -0.4 is 16.4 Å². The first-order valence-corrected chi connectivity index (χ1v) is 8.53. The lowest BCUT2D eigenvalue weighted by molar-refractivity contribution is 0.176. The summed E-state index contributed by atoms with van der Waals surface area (Å²) in [4.78, 5) is 2.57. The van der Waals surface area contributed by atoms with Gasteiger partial charge in [0, 0.05) is 38.3 Å². The van der Waals surface area contributed by atoms with Crippen molar-refractivity contribution in [3.05, 3.63) is 0 Å². The van der Waals surface area contributed by atoms with Gasteiger partial charge in [-0.3, -0.25) is 0 Å². The Morgan fingerprint density at radius 3 is 2.05 bits per heavy atom. The lowest BCUT2D eigenvalue weighted by atomic mass is 10.1. The van der Waals surface area contributed by atoms with Gasteiger partial charge in [0.1, 0.15) is 0 Å². The first-order chi connectivity index (χ1) is 9.95. The smallest absolute Gasteiger partial charge is 0.0786 e. The molecule has 0 amide bonds. The normalized spacial score (nSPS) is 17.7. The summed E-state index contributed by atoms with van der Waals surface area (Å²) in [7, 11) is 0. The maximum Gasteiger partial charge on any atom is 0.0786 e. The summed E-state index contributed by atoms with van der Waals surface area (Å²) in [5.74, 6) is 0. The second-order valence-corrected chi connectivity index (χ2v) is 6.46. The van der Waals surface area contributed by atoms with Crippen LogP contribution >= 0.6 is 0 Å². The largest absolute Gasteiger partial charge is 0.390 e. The summed E-state index contributed by atoms with van der Waals surface area (Å²) in [6.07, 6.45) is 3.85. The first-order valence-electron chi connectivity index (χ1n) is 8.53. The topological polar surface area (TPSA) is 73.5 Å². The van der Waals surface area contributed by atoms with Crippen LogP contribution in [0.4, 0.5) is 0 Å². The highest BCUT2D eigenvalue weighted by molar-refractivity contribution is 4.66. The van der Waals surface area contributed by atoms with Crippen molar-refractivity contribution >= 4 is 0 Å². The van der Waals surface area contributed by atoms with E-state index in [-0.39, 0.29) is 0 Å². The van der Waals surface area contributed by atoms with E-state index in [9.17, 15) is 0 Å². The number of nitrogens with zero attached hydrogens (tertiary/aromatic N) is 1. The number of hydrogen-bond donors (Lipinski definition) is 4. The molecule has 0 aromatic rings. The summed E-state index contributed by atoms with van der Waals surface area (Å²) in [5.41, 5.74) is 5.17. The lowest BCUT2D eigenvalue weighted by Crippen LogP contribution is -2.37. The molecule has 5 nitrogen and oxygen atoms in total. The third kappa shape index (κ3) is 14.5. The SMILES string of the molecule is CC(C)NCC(O)CN.CC(C)NCCN1CCCCC1. The van der Waals surface area contributed by atoms with E-state index in [0.717, 1.165) is 6.54 Å². The molecule has 1 rings (SSSR count). The molecule has 1 unspecified atom stereocenters. The molecule has 128 valence electrons. The first kappa shape index (κ1) is 20.8. The van der Waals surface area contributed by atoms with Gasteiger partial charge in [-0.2, -0.15) is 0 Å². The average molecular weight is 303 g/mol. The number of piperidine rings is 1. The van der Waals surface area contributed by atoms with Gasteiger partial charge in [-0.25, -0.2) is 0 Å². The number of rotatable bonds is 8. The van der Waals surface area contributed by atoms with Gasteiger partial charge in [-0.1, -0.05) is 34.1 Å². The molecule has 5 heteroatoms. The second-order valence-electron chi connectivity index (χ2n) is 6.46. The zero-order valence-electron chi connectivity index (χ0n) is 14.6. The summed E-state index contributed by atoms with van der Waals surface area (Å²) < 4.78 is 0. The van der Waals surface area contributed by atoms with Crippen molar-refractivity contribution in [1.29, 1.82) is 0 Å². The van der Waals surface area contributed by atoms with Gasteiger partial charge in [0.05, 0.1) is 6.10 Å². The predicted molar refractivity (Wildman–Crippen MR) is 91.6 cm³/mol. The Bertz CT molecular complexity index is 218. The zero-order valence-corrected chi connectivity index (χ0v) is 14.6. The Balaban J connectivity index is 0.000000400. The van der Waals surface area contributed by atoms with Crippen molar-refractivity contribution in [3.8, 4) is 0 Å². The Kier molecular flexibility index (Phi) is 13.3. The third-order valence-electron chi connectivity index (χ3n) is 3.46. The third-order valence-corrected chi connectivity index (χ3v) is 3.46. The second kappa shape index (κ2) is 13.5. The maximum atomic E-state index is 8.92. The van der Waals surface area contributed by atoms with Crippen LogP contribution in [0.1, 0.15) is 47.0 Å². The van der Waals surface area contributed by atoms with Crippen LogP contribution in [0.25, 0.3) is 0 Å². The Morgan fingerprint density at radius 2 is 1.57 bits per heavy atom. The molecule has 1 fully saturated rings. The summed E-state index contributed by atoms with van der Waals surface area (Å²) in [6, 6.07) is 1.06. The van der Waals surface area contributed by atoms with Crippen molar-refractivity contribution in [1.82, 2.24) is 15.5 Å². The zero-order chi connectivity index (χ0) is 16.1.